The van der Waals surface area contributed by atoms with Gasteiger partial charge < -0.3 is 0 Å². The zero-order valence-corrected chi connectivity index (χ0v) is 20.0. The molecule has 0 atom stereocenters. The fourth-order valence-electron chi connectivity index (χ4n) is 2.40. The van der Waals surface area contributed by atoms with Gasteiger partial charge in [-0.3, -0.25) is 0 Å². The zero-order chi connectivity index (χ0) is 23.3. The molecule has 0 N–H and O–H groups in total. The normalized spacial score (nSPS) is 10.5. The molecule has 0 spiro atoms. The molecule has 0 unspecified atom stereocenters. The van der Waals surface area contributed by atoms with Crippen LogP contribution in [0.1, 0.15) is 58.1 Å². The molecule has 164 valence electrons. The van der Waals surface area contributed by atoms with E-state index in [1.165, 1.54) is 34.3 Å². The SMILES string of the molecule is C=CC(C)=CCC=C(C)CCC=C(C)C.C=Cc1ccccc1.C=Cc1ccccc1. The van der Waals surface area contributed by atoms with Crippen LogP contribution in [-0.4, -0.2) is 0 Å². The zero-order valence-electron chi connectivity index (χ0n) is 20.0. The second-order valence-corrected chi connectivity index (χ2v) is 7.49. The summed E-state index contributed by atoms with van der Waals surface area (Å²) in [5.41, 5.74) is 6.48. The van der Waals surface area contributed by atoms with Crippen molar-refractivity contribution in [2.24, 2.45) is 0 Å². The Morgan fingerprint density at radius 1 is 0.677 bits per heavy atom. The van der Waals surface area contributed by atoms with Crippen LogP contribution < -0.4 is 0 Å². The summed E-state index contributed by atoms with van der Waals surface area (Å²) < 4.78 is 0. The topological polar surface area (TPSA) is 0 Å². The van der Waals surface area contributed by atoms with Crippen LogP contribution in [-0.2, 0) is 0 Å². The quantitative estimate of drug-likeness (QED) is 0.299. The molecule has 0 saturated carbocycles. The highest BCUT2D eigenvalue weighted by molar-refractivity contribution is 5.46. The number of benzene rings is 2. The van der Waals surface area contributed by atoms with E-state index in [4.69, 9.17) is 0 Å². The van der Waals surface area contributed by atoms with Gasteiger partial charge in [-0.15, -0.1) is 0 Å². The second-order valence-electron chi connectivity index (χ2n) is 7.49. The Morgan fingerprint density at radius 2 is 1.16 bits per heavy atom. The van der Waals surface area contributed by atoms with Gasteiger partial charge in [-0.05, 0) is 58.1 Å². The average Bonchev–Trinajstić information content (AvgIpc) is 2.80. The fourth-order valence-corrected chi connectivity index (χ4v) is 2.40. The molecule has 0 amide bonds. The van der Waals surface area contributed by atoms with Crippen molar-refractivity contribution in [2.75, 3.05) is 0 Å². The Bertz CT molecular complexity index is 783. The minimum Gasteiger partial charge on any atom is -0.0988 e. The highest BCUT2D eigenvalue weighted by atomic mass is 13.9. The van der Waals surface area contributed by atoms with Gasteiger partial charge in [-0.25, -0.2) is 0 Å². The van der Waals surface area contributed by atoms with Crippen molar-refractivity contribution in [1.29, 1.82) is 0 Å². The molecule has 2 aromatic carbocycles. The summed E-state index contributed by atoms with van der Waals surface area (Å²) in [5, 5.41) is 0. The summed E-state index contributed by atoms with van der Waals surface area (Å²) >= 11 is 0. The predicted molar refractivity (Wildman–Crippen MR) is 144 cm³/mol. The van der Waals surface area contributed by atoms with E-state index in [2.05, 4.69) is 65.7 Å². The van der Waals surface area contributed by atoms with Crippen LogP contribution in [0, 0.1) is 0 Å². The predicted octanol–water partition coefficient (Wildman–Crippen LogP) is 9.86. The summed E-state index contributed by atoms with van der Waals surface area (Å²) in [6.07, 6.45) is 15.7. The molecule has 31 heavy (non-hydrogen) atoms. The Morgan fingerprint density at radius 3 is 1.52 bits per heavy atom. The molecule has 2 rings (SSSR count). The van der Waals surface area contributed by atoms with Crippen molar-refractivity contribution in [3.8, 4) is 0 Å². The molecule has 0 heterocycles. The average molecular weight is 413 g/mol. The van der Waals surface area contributed by atoms with Gasteiger partial charge in [0, 0.05) is 0 Å². The molecule has 0 radical (unpaired) electrons. The van der Waals surface area contributed by atoms with E-state index in [-0.39, 0.29) is 0 Å². The maximum Gasteiger partial charge on any atom is -0.0161 e. The van der Waals surface area contributed by atoms with Gasteiger partial charge in [0.2, 0.25) is 0 Å². The third-order valence-corrected chi connectivity index (χ3v) is 4.39. The minimum absolute atomic E-state index is 1.03. The highest BCUT2D eigenvalue weighted by Gasteiger charge is 1.88. The van der Waals surface area contributed by atoms with Crippen molar-refractivity contribution in [3.05, 3.63) is 133 Å². The summed E-state index contributed by atoms with van der Waals surface area (Å²) in [6, 6.07) is 20.1. The number of hydrogen-bond donors (Lipinski definition) is 0. The van der Waals surface area contributed by atoms with Crippen LogP contribution in [0.15, 0.2) is 121 Å². The summed E-state index contributed by atoms with van der Waals surface area (Å²) in [6.45, 7) is 19.6. The molecule has 0 aliphatic carbocycles. The first kappa shape index (κ1) is 27.9. The van der Waals surface area contributed by atoms with E-state index in [9.17, 15) is 0 Å². The van der Waals surface area contributed by atoms with Gasteiger partial charge in [0.25, 0.3) is 0 Å². The Balaban J connectivity index is 0.000000471. The van der Waals surface area contributed by atoms with E-state index in [0.717, 1.165) is 12.8 Å². The van der Waals surface area contributed by atoms with E-state index >= 15 is 0 Å². The summed E-state index contributed by atoms with van der Waals surface area (Å²) in [4.78, 5) is 0. The largest absolute Gasteiger partial charge is 0.0988 e. The van der Waals surface area contributed by atoms with Crippen LogP contribution in [0.4, 0.5) is 0 Å². The third-order valence-electron chi connectivity index (χ3n) is 4.39. The summed E-state index contributed by atoms with van der Waals surface area (Å²) in [7, 11) is 0. The lowest BCUT2D eigenvalue weighted by Crippen LogP contribution is -1.77. The fraction of sp³-hybridized carbons (Fsp3) is 0.226. The number of rotatable bonds is 8. The van der Waals surface area contributed by atoms with Gasteiger partial charge in [0.05, 0.1) is 0 Å². The molecule has 2 aromatic rings. The number of allylic oxidation sites excluding steroid dienone is 7. The van der Waals surface area contributed by atoms with Gasteiger partial charge in [-0.1, -0.05) is 134 Å². The van der Waals surface area contributed by atoms with Crippen LogP contribution in [0.3, 0.4) is 0 Å². The van der Waals surface area contributed by atoms with Gasteiger partial charge in [0.15, 0.2) is 0 Å². The first-order valence-electron chi connectivity index (χ1n) is 10.9. The molecule has 0 bridgehead atoms. The van der Waals surface area contributed by atoms with Gasteiger partial charge >= 0.3 is 0 Å². The first-order valence-corrected chi connectivity index (χ1v) is 10.9. The van der Waals surface area contributed by atoms with Crippen molar-refractivity contribution >= 4 is 12.2 Å². The molecular formula is C31H40. The molecule has 0 heteroatoms. The Hall–Kier alpha value is -3.12. The van der Waals surface area contributed by atoms with Gasteiger partial charge in [0.1, 0.15) is 0 Å². The Kier molecular flexibility index (Phi) is 17.0. The lowest BCUT2D eigenvalue weighted by molar-refractivity contribution is 0.958. The maximum absolute atomic E-state index is 3.73. The standard InChI is InChI=1S/C15H24.2C8H8/c1-6-14(4)10-8-12-15(5)11-7-9-13(2)3;2*1-2-8-6-4-3-5-7-8/h6,9-10,12H,1,7-8,11H2,2-5H3;2*2-7H,1H2. The molecule has 0 aromatic heterocycles. The van der Waals surface area contributed by atoms with Crippen LogP contribution in [0.2, 0.25) is 0 Å². The van der Waals surface area contributed by atoms with Crippen molar-refractivity contribution in [1.82, 2.24) is 0 Å². The van der Waals surface area contributed by atoms with E-state index in [1.807, 2.05) is 78.9 Å². The first-order chi connectivity index (χ1) is 14.9. The summed E-state index contributed by atoms with van der Waals surface area (Å²) in [5.74, 6) is 0. The second kappa shape index (κ2) is 18.9. The van der Waals surface area contributed by atoms with Crippen LogP contribution in [0.5, 0.6) is 0 Å². The van der Waals surface area contributed by atoms with E-state index in [1.54, 1.807) is 0 Å². The molecule has 0 aliphatic heterocycles. The van der Waals surface area contributed by atoms with Crippen molar-refractivity contribution < 1.29 is 0 Å². The molecular weight excluding hydrogens is 372 g/mol. The molecule has 0 nitrogen and oxygen atoms in total. The Labute approximate surface area is 191 Å². The van der Waals surface area contributed by atoms with Gasteiger partial charge in [-0.2, -0.15) is 0 Å². The van der Waals surface area contributed by atoms with Crippen molar-refractivity contribution in [3.63, 3.8) is 0 Å². The van der Waals surface area contributed by atoms with Crippen LogP contribution in [0.25, 0.3) is 12.2 Å². The monoisotopic (exact) mass is 412 g/mol. The van der Waals surface area contributed by atoms with E-state index < -0.39 is 0 Å². The van der Waals surface area contributed by atoms with Crippen molar-refractivity contribution in [2.45, 2.75) is 47.0 Å². The maximum atomic E-state index is 3.73. The highest BCUT2D eigenvalue weighted by Crippen LogP contribution is 2.08. The van der Waals surface area contributed by atoms with E-state index in [0.29, 0.717) is 0 Å². The lowest BCUT2D eigenvalue weighted by Gasteiger charge is -1.98. The molecule has 0 aliphatic rings. The van der Waals surface area contributed by atoms with Crippen LogP contribution >= 0.6 is 0 Å². The number of hydrogen-bond acceptors (Lipinski definition) is 0. The third kappa shape index (κ3) is 17.4. The lowest BCUT2D eigenvalue weighted by atomic mass is 10.1. The molecule has 0 fully saturated rings. The molecule has 0 saturated heterocycles. The minimum atomic E-state index is 1.03. The smallest absolute Gasteiger partial charge is 0.0161 e.